The van der Waals surface area contributed by atoms with Crippen molar-refractivity contribution < 1.29 is 28.8 Å². The van der Waals surface area contributed by atoms with E-state index in [2.05, 4.69) is 175 Å². The van der Waals surface area contributed by atoms with Crippen LogP contribution in [0.2, 0.25) is 0 Å². The molecule has 116 heavy (non-hydrogen) atoms. The molecule has 25 nitrogen and oxygen atoms in total. The second-order valence-electron chi connectivity index (χ2n) is 43.7. The number of carbonyl (C=O) groups is 6. The van der Waals surface area contributed by atoms with Crippen molar-refractivity contribution in [1.29, 1.82) is 0 Å². The zero-order valence-corrected chi connectivity index (χ0v) is 79.1. The Bertz CT molecular complexity index is 3460. The summed E-state index contributed by atoms with van der Waals surface area (Å²) in [6.07, 6.45) is 22.9. The van der Waals surface area contributed by atoms with E-state index < -0.39 is 33.2 Å². The molecule has 1 aromatic heterocycles. The molecule has 0 bridgehead atoms. The van der Waals surface area contributed by atoms with Crippen LogP contribution in [-0.4, -0.2) is 334 Å². The Morgan fingerprint density at radius 3 is 0.862 bits per heavy atom. The first kappa shape index (κ1) is 94.5. The molecule has 6 aliphatic heterocycles. The molecule has 6 amide bonds. The SMILES string of the molecule is C=C(N1CC(C)(C)N(C)C(C)(C)C1=O)N(c1nc(N(CCN2CC(C)(C)N(C)C(C)(C)C2=O)C2CCCCC2)nc(N(CCN2CC(C)(C)N(C)C(C)(C)C2=O)C2CCCCC2)n1)C1CCCCC1.CN1C(C)(C)CN(CCN2CC(C)(C)N(C)C(C)(C)C2=O)C(=O)C1(C)C.CN1C(C)(C)CN(CCNC2CCCCC2)C(=O)C1(C)C. The third-order valence-electron chi connectivity index (χ3n) is 30.9. The molecule has 660 valence electrons. The van der Waals surface area contributed by atoms with Crippen molar-refractivity contribution in [2.45, 2.75) is 385 Å². The van der Waals surface area contributed by atoms with Gasteiger partial charge in [-0.1, -0.05) is 83.6 Å². The number of anilines is 3. The number of carbonyl (C=O) groups excluding carboxylic acids is 6. The molecule has 4 aliphatic carbocycles. The summed E-state index contributed by atoms with van der Waals surface area (Å²) in [6, 6.07) is 1.09. The molecule has 1 aromatic rings. The zero-order chi connectivity index (χ0) is 86.6. The lowest BCUT2D eigenvalue weighted by Crippen LogP contribution is -2.72. The van der Waals surface area contributed by atoms with Crippen molar-refractivity contribution >= 4 is 53.3 Å². The highest BCUT2D eigenvalue weighted by molar-refractivity contribution is 5.90. The highest BCUT2D eigenvalue weighted by Crippen LogP contribution is 2.42. The van der Waals surface area contributed by atoms with Crippen LogP contribution >= 0.6 is 0 Å². The number of nitrogens with zero attached hydrogens (tertiary/aromatic N) is 18. The van der Waals surface area contributed by atoms with E-state index in [1.165, 1.54) is 51.4 Å². The van der Waals surface area contributed by atoms with Crippen molar-refractivity contribution in [2.75, 3.05) is 149 Å². The fourth-order valence-corrected chi connectivity index (χ4v) is 21.3. The van der Waals surface area contributed by atoms with Gasteiger partial charge in [-0.25, -0.2) is 0 Å². The Balaban J connectivity index is 0.000000264. The number of rotatable bonds is 21. The first-order chi connectivity index (χ1) is 53.4. The average Bonchev–Trinajstić information content (AvgIpc) is 0.724. The lowest BCUT2D eigenvalue weighted by atomic mass is 9.87. The van der Waals surface area contributed by atoms with Crippen molar-refractivity contribution in [2.24, 2.45) is 0 Å². The van der Waals surface area contributed by atoms with Crippen LogP contribution in [0.1, 0.15) is 295 Å². The molecule has 7 heterocycles. The molecule has 10 fully saturated rings. The molecule has 11 rings (SSSR count). The maximum absolute atomic E-state index is 14.8. The summed E-state index contributed by atoms with van der Waals surface area (Å²) in [6.45, 7) is 64.6. The van der Waals surface area contributed by atoms with Crippen LogP contribution in [0.25, 0.3) is 0 Å². The lowest BCUT2D eigenvalue weighted by Gasteiger charge is -2.55. The first-order valence-electron chi connectivity index (χ1n) is 45.2. The normalized spacial score (nSPS) is 26.8. The highest BCUT2D eigenvalue weighted by Gasteiger charge is 2.56. The monoisotopic (exact) mass is 1620 g/mol. The number of likely N-dealkylation sites (N-methyl/N-ethyl adjacent to an activating group) is 6. The smallest absolute Gasteiger partial charge is 0.248 e. The molecule has 4 saturated carbocycles. The summed E-state index contributed by atoms with van der Waals surface area (Å²) in [5, 5.41) is 3.65. The van der Waals surface area contributed by atoms with Gasteiger partial charge in [0.05, 0.1) is 33.2 Å². The second kappa shape index (κ2) is 35.3. The molecule has 0 atom stereocenters. The second-order valence-corrected chi connectivity index (χ2v) is 43.7. The lowest BCUT2D eigenvalue weighted by molar-refractivity contribution is -0.162. The third-order valence-corrected chi connectivity index (χ3v) is 30.9. The molecule has 10 aliphatic rings. The molecule has 0 aromatic carbocycles. The Morgan fingerprint density at radius 1 is 0.319 bits per heavy atom. The Labute approximate surface area is 703 Å². The number of hydrogen-bond acceptors (Lipinski definition) is 19. The highest BCUT2D eigenvalue weighted by atomic mass is 16.2. The summed E-state index contributed by atoms with van der Waals surface area (Å²) in [7, 11) is 12.3. The van der Waals surface area contributed by atoms with Gasteiger partial charge in [-0.05, 0) is 260 Å². The number of aromatic nitrogens is 3. The minimum atomic E-state index is -0.762. The summed E-state index contributed by atoms with van der Waals surface area (Å²) >= 11 is 0. The Kier molecular flexibility index (Phi) is 28.7. The van der Waals surface area contributed by atoms with Crippen LogP contribution in [0.4, 0.5) is 17.8 Å². The molecule has 0 radical (unpaired) electrons. The van der Waals surface area contributed by atoms with Crippen LogP contribution < -0.4 is 20.0 Å². The van der Waals surface area contributed by atoms with Gasteiger partial charge in [0.2, 0.25) is 53.3 Å². The fraction of sp³-hybridized carbons (Fsp3) is 0.879. The average molecular weight is 1620 g/mol. The maximum Gasteiger partial charge on any atom is 0.248 e. The van der Waals surface area contributed by atoms with Crippen molar-refractivity contribution in [3.05, 3.63) is 12.4 Å². The van der Waals surface area contributed by atoms with Gasteiger partial charge in [-0.2, -0.15) is 15.0 Å². The fourth-order valence-electron chi connectivity index (χ4n) is 21.3. The minimum absolute atomic E-state index is 0.0164. The molecular formula is C91H165N19O6. The Morgan fingerprint density at radius 2 is 0.560 bits per heavy atom. The van der Waals surface area contributed by atoms with Crippen molar-refractivity contribution in [3.63, 3.8) is 0 Å². The van der Waals surface area contributed by atoms with Gasteiger partial charge in [-0.3, -0.25) is 68.0 Å². The predicted octanol–water partition coefficient (Wildman–Crippen LogP) is 11.6. The van der Waals surface area contributed by atoms with Crippen LogP contribution in [0.3, 0.4) is 0 Å². The number of amides is 6. The summed E-state index contributed by atoms with van der Waals surface area (Å²) < 4.78 is 0. The quantitative estimate of drug-likeness (QED) is 0.122. The van der Waals surface area contributed by atoms with Crippen molar-refractivity contribution in [1.82, 2.24) is 79.1 Å². The predicted molar refractivity (Wildman–Crippen MR) is 472 cm³/mol. The van der Waals surface area contributed by atoms with Gasteiger partial charge in [-0.15, -0.1) is 0 Å². The van der Waals surface area contributed by atoms with E-state index >= 15 is 0 Å². The minimum Gasteiger partial charge on any atom is -0.338 e. The van der Waals surface area contributed by atoms with Crippen LogP contribution in [0.5, 0.6) is 0 Å². The zero-order valence-electron chi connectivity index (χ0n) is 79.1. The number of hydrogen-bond donors (Lipinski definition) is 1. The van der Waals surface area contributed by atoms with Gasteiger partial charge in [0.15, 0.2) is 0 Å². The van der Waals surface area contributed by atoms with E-state index in [9.17, 15) is 28.8 Å². The number of piperazine rings is 6. The van der Waals surface area contributed by atoms with Crippen LogP contribution in [0, 0.1) is 0 Å². The Hall–Kier alpha value is -5.31. The summed E-state index contributed by atoms with van der Waals surface area (Å²) in [5.74, 6) is 3.24. The standard InChI is InChI=1S/C54H94N12O3.C20H38N4O2.C17H33N3O/c1-39(65-38-51(6,7)60(16)54(12,13)45(65)69)66(42-30-24-19-25-31-42)48-56-46(63(40-26-20-17-21-27-40)34-32-61-36-49(2,3)58(14)52(8,9)43(61)67)55-47(57-48)64(41-28-22-18-23-29-41)35-33-62-37-50(4,5)59(15)53(10,11)44(62)68;1-17(2)13-23(15(25)19(5,6)21(17)9)11-12-24-14-18(3,4)22(10)20(7,8)16(24)26;1-16(2)13-20(15(21)17(3,4)19(16)5)12-11-18-14-9-7-6-8-10-14/h40-42H,1,17-38H2,2-16H3;11-14H2,1-10H3;14,18H,6-13H2,1-5H3. The van der Waals surface area contributed by atoms with E-state index in [0.717, 1.165) is 96.7 Å². The molecular weight excluding hydrogens is 1460 g/mol. The van der Waals surface area contributed by atoms with Crippen LogP contribution in [-0.2, 0) is 28.8 Å². The maximum atomic E-state index is 14.8. The first-order valence-corrected chi connectivity index (χ1v) is 45.2. The van der Waals surface area contributed by atoms with Gasteiger partial charge in [0.1, 0.15) is 5.82 Å². The molecule has 25 heteroatoms. The largest absolute Gasteiger partial charge is 0.338 e. The van der Waals surface area contributed by atoms with Gasteiger partial charge in [0, 0.05) is 149 Å². The molecule has 1 N–H and O–H groups in total. The van der Waals surface area contributed by atoms with E-state index in [0.29, 0.717) is 102 Å². The van der Waals surface area contributed by atoms with Gasteiger partial charge >= 0.3 is 0 Å². The van der Waals surface area contributed by atoms with E-state index in [4.69, 9.17) is 21.5 Å². The van der Waals surface area contributed by atoms with E-state index in [1.54, 1.807) is 0 Å². The third kappa shape index (κ3) is 19.6. The molecule has 6 saturated heterocycles. The van der Waals surface area contributed by atoms with Gasteiger partial charge < -0.3 is 39.6 Å². The van der Waals surface area contributed by atoms with Crippen molar-refractivity contribution in [3.8, 4) is 0 Å². The van der Waals surface area contributed by atoms with E-state index in [1.807, 2.05) is 112 Å². The molecule has 0 spiro atoms. The molecule has 0 unspecified atom stereocenters. The van der Waals surface area contributed by atoms with Gasteiger partial charge in [0.25, 0.3) is 0 Å². The topological polar surface area (TPSA) is 202 Å². The summed E-state index contributed by atoms with van der Waals surface area (Å²) in [4.78, 5) is 131. The van der Waals surface area contributed by atoms with Crippen LogP contribution in [0.15, 0.2) is 12.4 Å². The summed E-state index contributed by atoms with van der Waals surface area (Å²) in [5.41, 5.74) is -4.43. The number of nitrogens with one attached hydrogen (secondary N) is 1. The van der Waals surface area contributed by atoms with E-state index in [-0.39, 0.29) is 86.8 Å².